The van der Waals surface area contributed by atoms with E-state index in [0.717, 1.165) is 47.0 Å². The Hall–Kier alpha value is -2.68. The maximum atomic E-state index is 14.1. The molecule has 0 aliphatic carbocycles. The number of aromatic nitrogens is 5. The van der Waals surface area contributed by atoms with Gasteiger partial charge < -0.3 is 0 Å². The summed E-state index contributed by atoms with van der Waals surface area (Å²) >= 11 is 1.03. The van der Waals surface area contributed by atoms with Crippen molar-refractivity contribution in [1.82, 2.24) is 24.1 Å². The Morgan fingerprint density at radius 2 is 1.62 bits per heavy atom. The Morgan fingerprint density at radius 3 is 2.19 bits per heavy atom. The van der Waals surface area contributed by atoms with Crippen LogP contribution in [-0.4, -0.2) is 24.1 Å². The number of hydrogen-bond acceptors (Lipinski definition) is 4. The maximum absolute atomic E-state index is 14.1. The molecule has 0 saturated heterocycles. The molecule has 4 aromatic rings. The van der Waals surface area contributed by atoms with E-state index in [-0.39, 0.29) is 10.8 Å². The third-order valence-corrected chi connectivity index (χ3v) is 6.96. The second-order valence-electron chi connectivity index (χ2n) is 8.16. The lowest BCUT2D eigenvalue weighted by molar-refractivity contribution is -0.140. The van der Waals surface area contributed by atoms with Crippen molar-refractivity contribution >= 4 is 17.0 Å². The molecule has 0 spiro atoms. The van der Waals surface area contributed by atoms with E-state index < -0.39 is 11.9 Å². The van der Waals surface area contributed by atoms with Gasteiger partial charge in [-0.25, -0.2) is 14.5 Å². The van der Waals surface area contributed by atoms with Gasteiger partial charge in [0.2, 0.25) is 0 Å². The second-order valence-corrected chi connectivity index (χ2v) is 9.13. The molecular formula is C23H26F3N5S. The molecule has 0 aliphatic heterocycles. The van der Waals surface area contributed by atoms with Gasteiger partial charge in [-0.2, -0.15) is 18.3 Å². The Balaban J connectivity index is 2.04. The van der Waals surface area contributed by atoms with Crippen LogP contribution in [0.2, 0.25) is 0 Å². The summed E-state index contributed by atoms with van der Waals surface area (Å²) in [6.45, 7) is 11.5. The largest absolute Gasteiger partial charge is 0.434 e. The minimum atomic E-state index is -4.60. The van der Waals surface area contributed by atoms with Crippen LogP contribution >= 0.6 is 11.3 Å². The molecular weight excluding hydrogens is 435 g/mol. The molecule has 0 unspecified atom stereocenters. The number of thiazole rings is 1. The van der Waals surface area contributed by atoms with E-state index in [1.165, 1.54) is 0 Å². The number of alkyl halides is 3. The van der Waals surface area contributed by atoms with Gasteiger partial charge in [-0.05, 0) is 58.7 Å². The third kappa shape index (κ3) is 3.62. The molecule has 0 aliphatic rings. The van der Waals surface area contributed by atoms with Gasteiger partial charge in [0.25, 0.3) is 0 Å². The van der Waals surface area contributed by atoms with Crippen LogP contribution < -0.4 is 0 Å². The number of nitrogens with zero attached hydrogens (tertiary/aromatic N) is 5. The molecule has 4 heterocycles. The number of aryl methyl sites for hydroxylation is 4. The van der Waals surface area contributed by atoms with E-state index in [0.29, 0.717) is 22.0 Å². The van der Waals surface area contributed by atoms with Gasteiger partial charge in [0.1, 0.15) is 0 Å². The Bertz CT molecular complexity index is 1270. The molecule has 0 aromatic carbocycles. The van der Waals surface area contributed by atoms with Crippen LogP contribution in [0.3, 0.4) is 0 Å². The molecule has 0 radical (unpaired) electrons. The molecule has 0 N–H and O–H groups in total. The fraction of sp³-hybridized carbons (Fsp3) is 0.435. The first-order chi connectivity index (χ1) is 15.1. The Kier molecular flexibility index (Phi) is 5.65. The number of rotatable bonds is 5. The minimum absolute atomic E-state index is 0.0566. The quantitative estimate of drug-likeness (QED) is 0.328. The predicted molar refractivity (Wildman–Crippen MR) is 121 cm³/mol. The molecule has 0 amide bonds. The average Bonchev–Trinajstić information content (AvgIpc) is 3.37. The number of halogens is 3. The van der Waals surface area contributed by atoms with Crippen molar-refractivity contribution in [3.63, 3.8) is 0 Å². The highest BCUT2D eigenvalue weighted by atomic mass is 32.1. The fourth-order valence-corrected chi connectivity index (χ4v) is 5.57. The summed E-state index contributed by atoms with van der Waals surface area (Å²) in [6, 6.07) is 5.73. The van der Waals surface area contributed by atoms with Gasteiger partial charge in [0, 0.05) is 28.7 Å². The van der Waals surface area contributed by atoms with Crippen LogP contribution in [-0.2, 0) is 6.18 Å². The van der Waals surface area contributed by atoms with Crippen molar-refractivity contribution in [3.05, 3.63) is 52.4 Å². The summed E-state index contributed by atoms with van der Waals surface area (Å²) in [5, 5.41) is 4.93. The number of hydrogen-bond donors (Lipinski definition) is 0. The van der Waals surface area contributed by atoms with Crippen LogP contribution in [0.5, 0.6) is 0 Å². The van der Waals surface area contributed by atoms with Crippen molar-refractivity contribution < 1.29 is 13.2 Å². The molecule has 9 heteroatoms. The van der Waals surface area contributed by atoms with E-state index in [1.807, 2.05) is 39.0 Å². The smallest absolute Gasteiger partial charge is 0.295 e. The van der Waals surface area contributed by atoms with Crippen molar-refractivity contribution in [2.75, 3.05) is 0 Å². The van der Waals surface area contributed by atoms with Crippen LogP contribution in [0.25, 0.3) is 21.2 Å². The fourth-order valence-electron chi connectivity index (χ4n) is 4.27. The monoisotopic (exact) mass is 461 g/mol. The van der Waals surface area contributed by atoms with Gasteiger partial charge in [0.05, 0.1) is 16.1 Å². The third-order valence-electron chi connectivity index (χ3n) is 5.90. The molecule has 0 bridgehead atoms. The summed E-state index contributed by atoms with van der Waals surface area (Å²) < 4.78 is 45.8. The van der Waals surface area contributed by atoms with E-state index in [9.17, 15) is 13.2 Å². The average molecular weight is 462 g/mol. The lowest BCUT2D eigenvalue weighted by Crippen LogP contribution is -2.09. The number of fused-ring (bicyclic) bond motifs is 1. The van der Waals surface area contributed by atoms with E-state index in [4.69, 9.17) is 0 Å². The standard InChI is InChI=1S/C23H26F3N5S/c1-7-16(8-2)17-11-12(3)27-21-18(15(6)29-31(17)21)19-20(23(24,25)26)28-22(32-19)30-13(4)9-10-14(30)5/h9-11,16H,7-8H2,1-6H3. The Labute approximate surface area is 188 Å². The molecule has 0 atom stereocenters. The summed E-state index contributed by atoms with van der Waals surface area (Å²) in [6.07, 6.45) is -2.77. The first kappa shape index (κ1) is 22.5. The highest BCUT2D eigenvalue weighted by molar-refractivity contribution is 7.17. The second kappa shape index (κ2) is 8.03. The predicted octanol–water partition coefficient (Wildman–Crippen LogP) is 6.80. The van der Waals surface area contributed by atoms with Crippen molar-refractivity contribution in [2.45, 2.75) is 66.5 Å². The minimum Gasteiger partial charge on any atom is -0.295 e. The zero-order chi connectivity index (χ0) is 23.4. The van der Waals surface area contributed by atoms with Crippen molar-refractivity contribution in [3.8, 4) is 15.6 Å². The topological polar surface area (TPSA) is 48.0 Å². The molecule has 4 aromatic heterocycles. The molecule has 5 nitrogen and oxygen atoms in total. The van der Waals surface area contributed by atoms with E-state index in [1.54, 1.807) is 16.0 Å². The summed E-state index contributed by atoms with van der Waals surface area (Å²) in [5.41, 5.74) is 3.87. The lowest BCUT2D eigenvalue weighted by atomic mass is 9.98. The molecule has 4 rings (SSSR count). The Morgan fingerprint density at radius 1 is 1.00 bits per heavy atom. The molecule has 0 fully saturated rings. The first-order valence-electron chi connectivity index (χ1n) is 10.7. The highest BCUT2D eigenvalue weighted by Crippen LogP contribution is 2.44. The maximum Gasteiger partial charge on any atom is 0.434 e. The zero-order valence-electron chi connectivity index (χ0n) is 19.0. The van der Waals surface area contributed by atoms with Gasteiger partial charge in [-0.3, -0.25) is 4.57 Å². The molecule has 32 heavy (non-hydrogen) atoms. The molecule has 0 saturated carbocycles. The van der Waals surface area contributed by atoms with Crippen LogP contribution in [0.1, 0.15) is 66.8 Å². The normalized spacial score (nSPS) is 12.4. The van der Waals surface area contributed by atoms with Gasteiger partial charge in [-0.1, -0.05) is 25.2 Å². The zero-order valence-corrected chi connectivity index (χ0v) is 19.8. The summed E-state index contributed by atoms with van der Waals surface area (Å²) in [5.74, 6) is 0.246. The summed E-state index contributed by atoms with van der Waals surface area (Å²) in [4.78, 5) is 8.73. The van der Waals surface area contributed by atoms with Crippen LogP contribution in [0, 0.1) is 27.7 Å². The first-order valence-corrected chi connectivity index (χ1v) is 11.5. The lowest BCUT2D eigenvalue weighted by Gasteiger charge is -2.15. The van der Waals surface area contributed by atoms with Crippen LogP contribution in [0.15, 0.2) is 18.2 Å². The highest BCUT2D eigenvalue weighted by Gasteiger charge is 2.40. The van der Waals surface area contributed by atoms with E-state index in [2.05, 4.69) is 28.9 Å². The van der Waals surface area contributed by atoms with Gasteiger partial charge in [0.15, 0.2) is 16.5 Å². The van der Waals surface area contributed by atoms with Crippen LogP contribution in [0.4, 0.5) is 13.2 Å². The molecule has 170 valence electrons. The van der Waals surface area contributed by atoms with Crippen molar-refractivity contribution in [1.29, 1.82) is 0 Å². The SMILES string of the molecule is CCC(CC)c1cc(C)nc2c(-c3sc(-n4c(C)ccc4C)nc3C(F)(F)F)c(C)nn12. The van der Waals surface area contributed by atoms with E-state index >= 15 is 0 Å². The van der Waals surface area contributed by atoms with Gasteiger partial charge in [-0.15, -0.1) is 0 Å². The van der Waals surface area contributed by atoms with Gasteiger partial charge >= 0.3 is 6.18 Å². The summed E-state index contributed by atoms with van der Waals surface area (Å²) in [7, 11) is 0. The van der Waals surface area contributed by atoms with Crippen molar-refractivity contribution in [2.24, 2.45) is 0 Å².